The van der Waals surface area contributed by atoms with Crippen molar-refractivity contribution >= 4 is 22.7 Å². The summed E-state index contributed by atoms with van der Waals surface area (Å²) in [4.78, 5) is 8.10. The number of thioether (sulfide) groups is 1. The topological polar surface area (TPSA) is 55.2 Å². The van der Waals surface area contributed by atoms with Crippen molar-refractivity contribution < 1.29 is 23.0 Å². The van der Waals surface area contributed by atoms with Crippen molar-refractivity contribution in [3.05, 3.63) is 65.2 Å². The molecule has 0 spiro atoms. The standard InChI is InChI=1S/C19H15F3N2O2S/c1-27-16-14-7-4-12(18(25)9-26-10-18)8-15(14)23-17(24-16)19(21,22)11-2-5-13(20)6-3-11/h2-8,25H,9-10H2,1H3. The lowest BCUT2D eigenvalue weighted by Crippen LogP contribution is -2.46. The number of aromatic nitrogens is 2. The van der Waals surface area contributed by atoms with Gasteiger partial charge in [-0.05, 0) is 48.2 Å². The van der Waals surface area contributed by atoms with Gasteiger partial charge in [-0.25, -0.2) is 14.4 Å². The quantitative estimate of drug-likeness (QED) is 0.540. The zero-order chi connectivity index (χ0) is 19.2. The molecule has 1 aliphatic heterocycles. The molecule has 4 rings (SSSR count). The Morgan fingerprint density at radius 1 is 1.11 bits per heavy atom. The lowest BCUT2D eigenvalue weighted by atomic mass is 9.91. The molecule has 0 saturated carbocycles. The summed E-state index contributed by atoms with van der Waals surface area (Å²) in [6.45, 7) is 0.301. The molecular weight excluding hydrogens is 377 g/mol. The molecule has 1 aliphatic rings. The van der Waals surface area contributed by atoms with E-state index in [9.17, 15) is 18.3 Å². The van der Waals surface area contributed by atoms with Crippen LogP contribution in [0.25, 0.3) is 10.9 Å². The van der Waals surface area contributed by atoms with Crippen LogP contribution >= 0.6 is 11.8 Å². The molecule has 2 aromatic carbocycles. The van der Waals surface area contributed by atoms with E-state index >= 15 is 0 Å². The Morgan fingerprint density at radius 2 is 1.81 bits per heavy atom. The summed E-state index contributed by atoms with van der Waals surface area (Å²) in [6, 6.07) is 9.02. The minimum atomic E-state index is -3.49. The number of benzene rings is 2. The number of fused-ring (bicyclic) bond motifs is 1. The van der Waals surface area contributed by atoms with Crippen LogP contribution in [-0.4, -0.2) is 34.5 Å². The highest BCUT2D eigenvalue weighted by Gasteiger charge is 2.40. The Morgan fingerprint density at radius 3 is 2.41 bits per heavy atom. The van der Waals surface area contributed by atoms with Crippen LogP contribution in [0.15, 0.2) is 47.5 Å². The monoisotopic (exact) mass is 392 g/mol. The third kappa shape index (κ3) is 3.07. The van der Waals surface area contributed by atoms with Gasteiger partial charge in [-0.15, -0.1) is 11.8 Å². The summed E-state index contributed by atoms with van der Waals surface area (Å²) in [6.07, 6.45) is 1.74. The molecule has 140 valence electrons. The van der Waals surface area contributed by atoms with E-state index in [1.54, 1.807) is 24.5 Å². The lowest BCUT2D eigenvalue weighted by molar-refractivity contribution is -0.184. The number of nitrogens with zero attached hydrogens (tertiary/aromatic N) is 2. The number of rotatable bonds is 4. The Balaban J connectivity index is 1.86. The molecule has 0 aliphatic carbocycles. The summed E-state index contributed by atoms with van der Waals surface area (Å²) in [5.41, 5.74) is -0.650. The van der Waals surface area contributed by atoms with Gasteiger partial charge in [0.05, 0.1) is 18.7 Å². The number of aliphatic hydroxyl groups is 1. The Kier molecular flexibility index (Phi) is 4.37. The fourth-order valence-corrected chi connectivity index (χ4v) is 3.51. The summed E-state index contributed by atoms with van der Waals surface area (Å²) in [5, 5.41) is 11.5. The normalized spacial score (nSPS) is 16.3. The molecule has 1 saturated heterocycles. The zero-order valence-electron chi connectivity index (χ0n) is 14.2. The van der Waals surface area contributed by atoms with Gasteiger partial charge in [-0.2, -0.15) is 8.78 Å². The predicted molar refractivity (Wildman–Crippen MR) is 95.4 cm³/mol. The van der Waals surface area contributed by atoms with Crippen LogP contribution < -0.4 is 0 Å². The van der Waals surface area contributed by atoms with E-state index in [0.29, 0.717) is 21.5 Å². The molecule has 8 heteroatoms. The first kappa shape index (κ1) is 18.2. The average Bonchev–Trinajstić information content (AvgIpc) is 2.65. The second-order valence-corrected chi connectivity index (χ2v) is 7.19. The molecular formula is C19H15F3N2O2S. The first-order chi connectivity index (χ1) is 12.8. The molecule has 0 unspecified atom stereocenters. The molecule has 3 aromatic rings. The van der Waals surface area contributed by atoms with Crippen LogP contribution in [0.3, 0.4) is 0 Å². The van der Waals surface area contributed by atoms with Crippen LogP contribution in [0, 0.1) is 5.82 Å². The van der Waals surface area contributed by atoms with Crippen LogP contribution in [0.1, 0.15) is 17.0 Å². The van der Waals surface area contributed by atoms with E-state index in [4.69, 9.17) is 4.74 Å². The molecule has 0 amide bonds. The van der Waals surface area contributed by atoms with Gasteiger partial charge in [0.1, 0.15) is 16.4 Å². The maximum absolute atomic E-state index is 14.9. The lowest BCUT2D eigenvalue weighted by Gasteiger charge is -2.36. The van der Waals surface area contributed by atoms with E-state index in [1.807, 2.05) is 0 Å². The van der Waals surface area contributed by atoms with Gasteiger partial charge < -0.3 is 9.84 Å². The highest BCUT2D eigenvalue weighted by atomic mass is 32.2. The Labute approximate surface area is 157 Å². The van der Waals surface area contributed by atoms with Gasteiger partial charge >= 0.3 is 5.92 Å². The number of ether oxygens (including phenoxy) is 1. The zero-order valence-corrected chi connectivity index (χ0v) is 15.1. The third-order valence-electron chi connectivity index (χ3n) is 4.56. The van der Waals surface area contributed by atoms with Crippen LogP contribution in [0.4, 0.5) is 13.2 Å². The summed E-state index contributed by atoms with van der Waals surface area (Å²) < 4.78 is 48.0. The minimum Gasteiger partial charge on any atom is -0.380 e. The van der Waals surface area contributed by atoms with E-state index in [0.717, 1.165) is 24.3 Å². The van der Waals surface area contributed by atoms with Gasteiger partial charge in [0.15, 0.2) is 0 Å². The molecule has 27 heavy (non-hydrogen) atoms. The van der Waals surface area contributed by atoms with Crippen LogP contribution in [-0.2, 0) is 16.3 Å². The Hall–Kier alpha value is -2.16. The van der Waals surface area contributed by atoms with Crippen molar-refractivity contribution in [3.63, 3.8) is 0 Å². The van der Waals surface area contributed by atoms with E-state index < -0.39 is 28.7 Å². The molecule has 1 fully saturated rings. The SMILES string of the molecule is CSc1nc(C(F)(F)c2ccc(F)cc2)nc2cc(C3(O)COC3)ccc12. The molecule has 1 N–H and O–H groups in total. The summed E-state index contributed by atoms with van der Waals surface area (Å²) in [7, 11) is 0. The number of halogens is 3. The van der Waals surface area contributed by atoms with Gasteiger partial charge in [0, 0.05) is 10.9 Å². The van der Waals surface area contributed by atoms with Crippen molar-refractivity contribution in [3.8, 4) is 0 Å². The van der Waals surface area contributed by atoms with Gasteiger partial charge in [-0.1, -0.05) is 6.07 Å². The maximum atomic E-state index is 14.9. The molecule has 0 bridgehead atoms. The van der Waals surface area contributed by atoms with Gasteiger partial charge in [-0.3, -0.25) is 0 Å². The highest BCUT2D eigenvalue weighted by Crippen LogP contribution is 2.37. The van der Waals surface area contributed by atoms with Crippen molar-refractivity contribution in [2.75, 3.05) is 19.5 Å². The smallest absolute Gasteiger partial charge is 0.331 e. The second kappa shape index (κ2) is 6.47. The largest absolute Gasteiger partial charge is 0.380 e. The van der Waals surface area contributed by atoms with Gasteiger partial charge in [0.2, 0.25) is 5.82 Å². The fraction of sp³-hybridized carbons (Fsp3) is 0.263. The van der Waals surface area contributed by atoms with Gasteiger partial charge in [0.25, 0.3) is 0 Å². The molecule has 1 aromatic heterocycles. The molecule has 0 atom stereocenters. The first-order valence-corrected chi connectivity index (χ1v) is 9.37. The second-order valence-electron chi connectivity index (χ2n) is 6.39. The predicted octanol–water partition coefficient (Wildman–Crippen LogP) is 3.85. The van der Waals surface area contributed by atoms with E-state index in [-0.39, 0.29) is 13.2 Å². The Bertz CT molecular complexity index is 1010. The molecule has 4 nitrogen and oxygen atoms in total. The van der Waals surface area contributed by atoms with Crippen molar-refractivity contribution in [1.29, 1.82) is 0 Å². The summed E-state index contributed by atoms with van der Waals surface area (Å²) >= 11 is 1.23. The molecule has 0 radical (unpaired) electrons. The van der Waals surface area contributed by atoms with E-state index in [2.05, 4.69) is 9.97 Å². The number of hydrogen-bond donors (Lipinski definition) is 1. The van der Waals surface area contributed by atoms with Crippen molar-refractivity contribution in [2.45, 2.75) is 16.5 Å². The molecule has 2 heterocycles. The summed E-state index contributed by atoms with van der Waals surface area (Å²) in [5.74, 6) is -4.75. The number of alkyl halides is 2. The third-order valence-corrected chi connectivity index (χ3v) is 5.26. The maximum Gasteiger partial charge on any atom is 0.331 e. The van der Waals surface area contributed by atoms with Crippen LogP contribution in [0.5, 0.6) is 0 Å². The van der Waals surface area contributed by atoms with Crippen molar-refractivity contribution in [1.82, 2.24) is 9.97 Å². The first-order valence-electron chi connectivity index (χ1n) is 8.14. The average molecular weight is 392 g/mol. The fourth-order valence-electron chi connectivity index (χ4n) is 2.94. The van der Waals surface area contributed by atoms with E-state index in [1.165, 1.54) is 11.8 Å². The van der Waals surface area contributed by atoms with Crippen molar-refractivity contribution in [2.24, 2.45) is 0 Å². The highest BCUT2D eigenvalue weighted by molar-refractivity contribution is 7.98. The van der Waals surface area contributed by atoms with Crippen LogP contribution in [0.2, 0.25) is 0 Å². The minimum absolute atomic E-state index is 0.150. The number of hydrogen-bond acceptors (Lipinski definition) is 5.